The first-order chi connectivity index (χ1) is 17.3. The molecule has 3 N–H and O–H groups in total. The molecule has 0 unspecified atom stereocenters. The van der Waals surface area contributed by atoms with Crippen molar-refractivity contribution in [2.45, 2.75) is 57.7 Å². The van der Waals surface area contributed by atoms with Gasteiger partial charge in [0.25, 0.3) is 0 Å². The minimum Gasteiger partial charge on any atom is -0.497 e. The summed E-state index contributed by atoms with van der Waals surface area (Å²) in [6.45, 7) is 1.75. The average molecular weight is 500 g/mol. The monoisotopic (exact) mass is 499 g/mol. The molecule has 2 aliphatic rings. The second-order valence-electron chi connectivity index (χ2n) is 9.30. The fraction of sp³-hybridized carbons (Fsp3) is 0.538. The van der Waals surface area contributed by atoms with Crippen molar-refractivity contribution in [1.82, 2.24) is 25.8 Å². The molecule has 1 aliphatic carbocycles. The molecule has 10 heteroatoms. The maximum atomic E-state index is 13.0. The van der Waals surface area contributed by atoms with Crippen molar-refractivity contribution in [2.24, 2.45) is 5.92 Å². The number of nitrogens with zero attached hydrogens (tertiary/aromatic N) is 2. The number of likely N-dealkylation sites (N-methyl/N-ethyl adjacent to an activating group) is 1. The third kappa shape index (κ3) is 7.30. The van der Waals surface area contributed by atoms with Crippen molar-refractivity contribution in [3.05, 3.63) is 42.2 Å². The SMILES string of the molecule is CN[C@@H](C)C(=O)N[C@H](C(=O)NCC(=O)N1C=CN(Cc2ccc(OC)cc2)C(=O)C1)C1CCCCC1. The van der Waals surface area contributed by atoms with E-state index in [9.17, 15) is 19.2 Å². The quantitative estimate of drug-likeness (QED) is 0.444. The van der Waals surface area contributed by atoms with Gasteiger partial charge in [0.2, 0.25) is 23.6 Å². The Kier molecular flexibility index (Phi) is 9.86. The molecule has 1 fully saturated rings. The molecule has 1 saturated carbocycles. The van der Waals surface area contributed by atoms with Crippen molar-refractivity contribution < 1.29 is 23.9 Å². The van der Waals surface area contributed by atoms with Crippen molar-refractivity contribution in [2.75, 3.05) is 27.2 Å². The molecular weight excluding hydrogens is 462 g/mol. The predicted octanol–water partition coefficient (Wildman–Crippen LogP) is 1.13. The number of hydrogen-bond donors (Lipinski definition) is 3. The summed E-state index contributed by atoms with van der Waals surface area (Å²) < 4.78 is 5.15. The molecular formula is C26H37N5O5. The molecule has 1 aromatic carbocycles. The maximum absolute atomic E-state index is 13.0. The molecule has 1 aromatic rings. The highest BCUT2D eigenvalue weighted by molar-refractivity contribution is 5.93. The molecule has 1 heterocycles. The van der Waals surface area contributed by atoms with Crippen LogP contribution in [0.4, 0.5) is 0 Å². The minimum atomic E-state index is -0.695. The second kappa shape index (κ2) is 13.1. The largest absolute Gasteiger partial charge is 0.497 e. The first kappa shape index (κ1) is 27.2. The number of hydrogen-bond acceptors (Lipinski definition) is 6. The van der Waals surface area contributed by atoms with Gasteiger partial charge in [0.15, 0.2) is 0 Å². The Morgan fingerprint density at radius 3 is 2.36 bits per heavy atom. The van der Waals surface area contributed by atoms with Crippen LogP contribution in [0.2, 0.25) is 0 Å². The number of rotatable bonds is 10. The maximum Gasteiger partial charge on any atom is 0.246 e. The first-order valence-electron chi connectivity index (χ1n) is 12.5. The van der Waals surface area contributed by atoms with Crippen LogP contribution >= 0.6 is 0 Å². The Morgan fingerprint density at radius 2 is 1.75 bits per heavy atom. The van der Waals surface area contributed by atoms with E-state index in [1.807, 2.05) is 24.3 Å². The van der Waals surface area contributed by atoms with E-state index < -0.39 is 18.0 Å². The van der Waals surface area contributed by atoms with Gasteiger partial charge in [-0.15, -0.1) is 0 Å². The Hall–Kier alpha value is -3.40. The molecule has 0 bridgehead atoms. The van der Waals surface area contributed by atoms with E-state index in [-0.39, 0.29) is 36.7 Å². The van der Waals surface area contributed by atoms with E-state index in [0.29, 0.717) is 6.54 Å². The van der Waals surface area contributed by atoms with E-state index in [2.05, 4.69) is 16.0 Å². The Labute approximate surface area is 212 Å². The van der Waals surface area contributed by atoms with Crippen LogP contribution in [0.3, 0.4) is 0 Å². The smallest absolute Gasteiger partial charge is 0.246 e. The molecule has 0 aromatic heterocycles. The number of nitrogens with one attached hydrogen (secondary N) is 3. The summed E-state index contributed by atoms with van der Waals surface area (Å²) in [6, 6.07) is 6.29. The lowest BCUT2D eigenvalue weighted by Crippen LogP contribution is -2.56. The molecule has 0 radical (unpaired) electrons. The Bertz CT molecular complexity index is 958. The fourth-order valence-electron chi connectivity index (χ4n) is 4.42. The van der Waals surface area contributed by atoms with E-state index in [0.717, 1.165) is 43.4 Å². The summed E-state index contributed by atoms with van der Waals surface area (Å²) in [7, 11) is 3.28. The summed E-state index contributed by atoms with van der Waals surface area (Å²) in [5.41, 5.74) is 0.934. The summed E-state index contributed by atoms with van der Waals surface area (Å²) in [5, 5.41) is 8.42. The standard InChI is InChI=1S/C26H37N5O5/c1-18(27-2)25(34)29-24(20-7-5-4-6-8-20)26(35)28-15-22(32)31-14-13-30(23(33)17-31)16-19-9-11-21(36-3)12-10-19/h9-14,18,20,24,27H,4-8,15-17H2,1-3H3,(H,28,35)(H,29,34)/t18-,24-/m0/s1. The van der Waals surface area contributed by atoms with E-state index in [4.69, 9.17) is 4.74 Å². The van der Waals surface area contributed by atoms with Gasteiger partial charge in [-0.2, -0.15) is 0 Å². The van der Waals surface area contributed by atoms with Crippen LogP contribution in [0.15, 0.2) is 36.7 Å². The third-order valence-corrected chi connectivity index (χ3v) is 6.83. The van der Waals surface area contributed by atoms with E-state index in [1.165, 1.54) is 4.90 Å². The molecule has 4 amide bonds. The van der Waals surface area contributed by atoms with Crippen LogP contribution in [-0.4, -0.2) is 72.8 Å². The number of methoxy groups -OCH3 is 1. The lowest BCUT2D eigenvalue weighted by molar-refractivity contribution is -0.139. The van der Waals surface area contributed by atoms with Crippen LogP contribution in [0.5, 0.6) is 5.75 Å². The molecule has 3 rings (SSSR count). The normalized spacial score (nSPS) is 17.9. The van der Waals surface area contributed by atoms with Gasteiger partial charge in [0.05, 0.1) is 26.2 Å². The summed E-state index contributed by atoms with van der Waals surface area (Å²) >= 11 is 0. The highest BCUT2D eigenvalue weighted by atomic mass is 16.5. The van der Waals surface area contributed by atoms with Crippen LogP contribution < -0.4 is 20.7 Å². The summed E-state index contributed by atoms with van der Waals surface area (Å²) in [4.78, 5) is 53.7. The molecule has 36 heavy (non-hydrogen) atoms. The number of carbonyl (C=O) groups excluding carboxylic acids is 4. The van der Waals surface area contributed by atoms with Gasteiger partial charge >= 0.3 is 0 Å². The molecule has 10 nitrogen and oxygen atoms in total. The van der Waals surface area contributed by atoms with Crippen LogP contribution in [0, 0.1) is 5.92 Å². The number of amides is 4. The van der Waals surface area contributed by atoms with Gasteiger partial charge < -0.3 is 30.5 Å². The molecule has 0 saturated heterocycles. The lowest BCUT2D eigenvalue weighted by Gasteiger charge is -2.31. The molecule has 0 spiro atoms. The van der Waals surface area contributed by atoms with Crippen molar-refractivity contribution in [3.8, 4) is 5.75 Å². The number of ether oxygens (including phenoxy) is 1. The van der Waals surface area contributed by atoms with Gasteiger partial charge in [-0.3, -0.25) is 19.2 Å². The van der Waals surface area contributed by atoms with Crippen LogP contribution in [-0.2, 0) is 25.7 Å². The summed E-state index contributed by atoms with van der Waals surface area (Å²) in [6.07, 6.45) is 7.97. The number of carbonyl (C=O) groups is 4. The topological polar surface area (TPSA) is 120 Å². The minimum absolute atomic E-state index is 0.0323. The molecule has 2 atom stereocenters. The van der Waals surface area contributed by atoms with Gasteiger partial charge in [-0.1, -0.05) is 31.4 Å². The first-order valence-corrected chi connectivity index (χ1v) is 12.5. The van der Waals surface area contributed by atoms with Crippen LogP contribution in [0.1, 0.15) is 44.6 Å². The van der Waals surface area contributed by atoms with Crippen molar-refractivity contribution in [1.29, 1.82) is 0 Å². The zero-order valence-electron chi connectivity index (χ0n) is 21.3. The van der Waals surface area contributed by atoms with Crippen LogP contribution in [0.25, 0.3) is 0 Å². The fourth-order valence-corrected chi connectivity index (χ4v) is 4.42. The average Bonchev–Trinajstić information content (AvgIpc) is 2.91. The van der Waals surface area contributed by atoms with Gasteiger partial charge in [-0.25, -0.2) is 0 Å². The van der Waals surface area contributed by atoms with Gasteiger partial charge in [-0.05, 0) is 50.4 Å². The lowest BCUT2D eigenvalue weighted by atomic mass is 9.83. The van der Waals surface area contributed by atoms with E-state index >= 15 is 0 Å². The van der Waals surface area contributed by atoms with Gasteiger partial charge in [0, 0.05) is 12.4 Å². The zero-order chi connectivity index (χ0) is 26.1. The Morgan fingerprint density at radius 1 is 1.06 bits per heavy atom. The predicted molar refractivity (Wildman–Crippen MR) is 134 cm³/mol. The highest BCUT2D eigenvalue weighted by Gasteiger charge is 2.32. The van der Waals surface area contributed by atoms with Crippen molar-refractivity contribution in [3.63, 3.8) is 0 Å². The zero-order valence-corrected chi connectivity index (χ0v) is 21.3. The molecule has 196 valence electrons. The number of benzene rings is 1. The molecule has 1 aliphatic heterocycles. The van der Waals surface area contributed by atoms with Crippen molar-refractivity contribution >= 4 is 23.6 Å². The summed E-state index contributed by atoms with van der Waals surface area (Å²) in [5.74, 6) is -0.475. The Balaban J connectivity index is 1.55. The third-order valence-electron chi connectivity index (χ3n) is 6.83. The second-order valence-corrected chi connectivity index (χ2v) is 9.30. The highest BCUT2D eigenvalue weighted by Crippen LogP contribution is 2.26. The van der Waals surface area contributed by atoms with Gasteiger partial charge in [0.1, 0.15) is 18.3 Å². The van der Waals surface area contributed by atoms with E-state index in [1.54, 1.807) is 38.4 Å².